The van der Waals surface area contributed by atoms with Crippen LogP contribution >= 0.6 is 0 Å². The third-order valence-electron chi connectivity index (χ3n) is 7.16. The highest BCUT2D eigenvalue weighted by Gasteiger charge is 2.38. The van der Waals surface area contributed by atoms with Crippen LogP contribution in [0.25, 0.3) is 0 Å². The SMILES string of the molecule is CC1(C)CC(=O)N(Cc2ccccc2[N+](=O)[O-])C(O)C1.CC1(C)CCN(Cc2ccccc2[N+](=O)[O-])C(=O)C1. The van der Waals surface area contributed by atoms with Gasteiger partial charge in [-0.15, -0.1) is 0 Å². The minimum Gasteiger partial charge on any atom is -0.373 e. The first-order chi connectivity index (χ1) is 18.2. The van der Waals surface area contributed by atoms with E-state index in [4.69, 9.17) is 0 Å². The van der Waals surface area contributed by atoms with Crippen molar-refractivity contribution in [3.8, 4) is 0 Å². The van der Waals surface area contributed by atoms with Crippen molar-refractivity contribution in [2.45, 2.75) is 72.7 Å². The Morgan fingerprint density at radius 3 is 1.79 bits per heavy atom. The van der Waals surface area contributed by atoms with E-state index < -0.39 is 16.1 Å². The van der Waals surface area contributed by atoms with Gasteiger partial charge in [0.1, 0.15) is 6.23 Å². The van der Waals surface area contributed by atoms with Crippen LogP contribution in [0.3, 0.4) is 0 Å². The number of amides is 2. The topological polar surface area (TPSA) is 147 Å². The van der Waals surface area contributed by atoms with Crippen molar-refractivity contribution in [3.05, 3.63) is 79.9 Å². The van der Waals surface area contributed by atoms with Crippen molar-refractivity contribution < 1.29 is 24.5 Å². The van der Waals surface area contributed by atoms with Crippen LogP contribution in [0, 0.1) is 31.1 Å². The Morgan fingerprint density at radius 1 is 0.821 bits per heavy atom. The van der Waals surface area contributed by atoms with Crippen LogP contribution in [0.15, 0.2) is 48.5 Å². The molecule has 0 aliphatic carbocycles. The minimum absolute atomic E-state index is 0.0302. The molecule has 2 fully saturated rings. The lowest BCUT2D eigenvalue weighted by atomic mass is 9.81. The van der Waals surface area contributed by atoms with E-state index in [0.717, 1.165) is 6.42 Å². The van der Waals surface area contributed by atoms with Gasteiger partial charge < -0.3 is 14.9 Å². The third kappa shape index (κ3) is 7.82. The summed E-state index contributed by atoms with van der Waals surface area (Å²) < 4.78 is 0. The van der Waals surface area contributed by atoms with Gasteiger partial charge in [0.2, 0.25) is 11.8 Å². The second kappa shape index (κ2) is 11.9. The molecule has 210 valence electrons. The number of benzene rings is 2. The van der Waals surface area contributed by atoms with Crippen molar-refractivity contribution in [2.24, 2.45) is 10.8 Å². The summed E-state index contributed by atoms with van der Waals surface area (Å²) in [5.41, 5.74) is 0.883. The van der Waals surface area contributed by atoms with E-state index in [1.165, 1.54) is 17.0 Å². The predicted molar refractivity (Wildman–Crippen MR) is 144 cm³/mol. The Bertz CT molecular complexity index is 1240. The molecule has 2 aromatic carbocycles. The van der Waals surface area contributed by atoms with Crippen LogP contribution in [-0.2, 0) is 22.7 Å². The molecule has 0 bridgehead atoms. The molecule has 0 aromatic heterocycles. The summed E-state index contributed by atoms with van der Waals surface area (Å²) in [6.07, 6.45) is 1.35. The fraction of sp³-hybridized carbons (Fsp3) is 0.500. The van der Waals surface area contributed by atoms with E-state index in [9.17, 15) is 34.9 Å². The summed E-state index contributed by atoms with van der Waals surface area (Å²) in [5, 5.41) is 32.0. The Balaban J connectivity index is 0.000000216. The second-order valence-electron chi connectivity index (χ2n) is 11.7. The highest BCUT2D eigenvalue weighted by molar-refractivity contribution is 5.78. The monoisotopic (exact) mass is 540 g/mol. The third-order valence-corrected chi connectivity index (χ3v) is 7.16. The van der Waals surface area contributed by atoms with Crippen molar-refractivity contribution in [1.82, 2.24) is 9.80 Å². The Kier molecular flexibility index (Phi) is 9.06. The molecule has 2 amide bonds. The van der Waals surface area contributed by atoms with Gasteiger partial charge >= 0.3 is 0 Å². The normalized spacial score (nSPS) is 20.2. The van der Waals surface area contributed by atoms with Crippen LogP contribution in [0.4, 0.5) is 11.4 Å². The molecule has 39 heavy (non-hydrogen) atoms. The molecular weight excluding hydrogens is 504 g/mol. The van der Waals surface area contributed by atoms with Gasteiger partial charge in [-0.05, 0) is 23.7 Å². The fourth-order valence-electron chi connectivity index (χ4n) is 4.92. The molecule has 4 rings (SSSR count). The smallest absolute Gasteiger partial charge is 0.274 e. The molecule has 11 heteroatoms. The van der Waals surface area contributed by atoms with E-state index in [1.54, 1.807) is 41.3 Å². The van der Waals surface area contributed by atoms with Crippen LogP contribution in [-0.4, -0.2) is 49.3 Å². The zero-order valence-electron chi connectivity index (χ0n) is 22.8. The van der Waals surface area contributed by atoms with E-state index >= 15 is 0 Å². The number of aliphatic hydroxyl groups excluding tert-OH is 1. The first-order valence-electron chi connectivity index (χ1n) is 12.9. The fourth-order valence-corrected chi connectivity index (χ4v) is 4.92. The van der Waals surface area contributed by atoms with Gasteiger partial charge in [-0.2, -0.15) is 0 Å². The molecule has 2 aromatic rings. The van der Waals surface area contributed by atoms with Crippen LogP contribution in [0.5, 0.6) is 0 Å². The van der Waals surface area contributed by atoms with Gasteiger partial charge in [-0.1, -0.05) is 64.1 Å². The molecular formula is C28H36N4O7. The highest BCUT2D eigenvalue weighted by atomic mass is 16.6. The van der Waals surface area contributed by atoms with Gasteiger partial charge in [-0.25, -0.2) is 0 Å². The maximum atomic E-state index is 12.1. The molecule has 2 aliphatic rings. The molecule has 2 saturated heterocycles. The molecule has 0 radical (unpaired) electrons. The lowest BCUT2D eigenvalue weighted by Crippen LogP contribution is -2.48. The second-order valence-corrected chi connectivity index (χ2v) is 11.7. The molecule has 0 spiro atoms. The van der Waals surface area contributed by atoms with E-state index in [-0.39, 0.29) is 40.6 Å². The number of nitro groups is 2. The summed E-state index contributed by atoms with van der Waals surface area (Å²) in [6.45, 7) is 9.06. The average Bonchev–Trinajstić information content (AvgIpc) is 2.83. The zero-order valence-corrected chi connectivity index (χ0v) is 22.8. The van der Waals surface area contributed by atoms with Gasteiger partial charge in [0.15, 0.2) is 0 Å². The molecule has 2 heterocycles. The number of carbonyl (C=O) groups is 2. The number of aliphatic hydroxyl groups is 1. The maximum Gasteiger partial charge on any atom is 0.274 e. The van der Waals surface area contributed by atoms with Gasteiger partial charge in [0.05, 0.1) is 22.9 Å². The lowest BCUT2D eigenvalue weighted by molar-refractivity contribution is -0.385. The number of carbonyl (C=O) groups excluding carboxylic acids is 2. The van der Waals surface area contributed by atoms with Crippen LogP contribution in [0.2, 0.25) is 0 Å². The van der Waals surface area contributed by atoms with Crippen LogP contribution in [0.1, 0.15) is 64.5 Å². The van der Waals surface area contributed by atoms with Crippen LogP contribution < -0.4 is 0 Å². The molecule has 1 unspecified atom stereocenters. The number of hydrogen-bond acceptors (Lipinski definition) is 7. The van der Waals surface area contributed by atoms with Crippen molar-refractivity contribution in [2.75, 3.05) is 6.54 Å². The van der Waals surface area contributed by atoms with Gasteiger partial charge in [0.25, 0.3) is 11.4 Å². The number of rotatable bonds is 6. The first kappa shape index (κ1) is 29.7. The molecule has 1 N–H and O–H groups in total. The maximum absolute atomic E-state index is 12.1. The largest absolute Gasteiger partial charge is 0.373 e. The number of piperidine rings is 2. The Labute approximate surface area is 227 Å². The number of nitrogens with zero attached hydrogens (tertiary/aromatic N) is 4. The first-order valence-corrected chi connectivity index (χ1v) is 12.9. The van der Waals surface area contributed by atoms with Gasteiger partial charge in [0, 0.05) is 42.6 Å². The number of hydrogen-bond donors (Lipinski definition) is 1. The minimum atomic E-state index is -0.897. The summed E-state index contributed by atoms with van der Waals surface area (Å²) in [5.74, 6) is -0.0960. The van der Waals surface area contributed by atoms with E-state index in [1.807, 2.05) is 13.8 Å². The lowest BCUT2D eigenvalue weighted by Gasteiger charge is -2.40. The highest BCUT2D eigenvalue weighted by Crippen LogP contribution is 2.35. The van der Waals surface area contributed by atoms with E-state index in [0.29, 0.717) is 43.5 Å². The van der Waals surface area contributed by atoms with E-state index in [2.05, 4.69) is 13.8 Å². The standard InChI is InChI=1S/C14H18N2O4.C14H18N2O3/c1-14(2)7-12(17)15(13(18)8-14)9-10-5-3-4-6-11(10)16(19)20;1-14(2)7-8-15(13(17)9-14)10-11-5-3-4-6-12(11)16(18)19/h3-6,12,17H,7-9H2,1-2H3;3-6H,7-10H2,1-2H3. The van der Waals surface area contributed by atoms with Gasteiger partial charge in [-0.3, -0.25) is 29.8 Å². The molecule has 11 nitrogen and oxygen atoms in total. The van der Waals surface area contributed by atoms with Crippen molar-refractivity contribution in [3.63, 3.8) is 0 Å². The average molecular weight is 541 g/mol. The summed E-state index contributed by atoms with van der Waals surface area (Å²) >= 11 is 0. The Morgan fingerprint density at radius 2 is 1.31 bits per heavy atom. The zero-order chi connectivity index (χ0) is 29.0. The summed E-state index contributed by atoms with van der Waals surface area (Å²) in [4.78, 5) is 48.2. The summed E-state index contributed by atoms with van der Waals surface area (Å²) in [7, 11) is 0. The summed E-state index contributed by atoms with van der Waals surface area (Å²) in [6, 6.07) is 12.9. The molecule has 2 aliphatic heterocycles. The number of nitro benzene ring substituents is 2. The quantitative estimate of drug-likeness (QED) is 0.409. The van der Waals surface area contributed by atoms with Crippen molar-refractivity contribution in [1.29, 1.82) is 0 Å². The Hall–Kier alpha value is -3.86. The number of likely N-dealkylation sites (tertiary alicyclic amines) is 2. The molecule has 0 saturated carbocycles. The molecule has 1 atom stereocenters. The predicted octanol–water partition coefficient (Wildman–Crippen LogP) is 4.81. The van der Waals surface area contributed by atoms with Crippen molar-refractivity contribution >= 4 is 23.2 Å². The number of para-hydroxylation sites is 2.